The van der Waals surface area contributed by atoms with E-state index >= 15 is 0 Å². The van der Waals surface area contributed by atoms with Crippen molar-refractivity contribution in [2.45, 2.75) is 71.4 Å². The van der Waals surface area contributed by atoms with Gasteiger partial charge >= 0.3 is 0 Å². The number of amides is 1. The van der Waals surface area contributed by atoms with E-state index in [4.69, 9.17) is 4.98 Å². The number of carbonyl (C=O) groups excluding carboxylic acids is 1. The van der Waals surface area contributed by atoms with Crippen molar-refractivity contribution in [3.63, 3.8) is 0 Å². The van der Waals surface area contributed by atoms with Gasteiger partial charge in [0, 0.05) is 37.2 Å². The normalized spacial score (nSPS) is 15.8. The van der Waals surface area contributed by atoms with Crippen LogP contribution >= 0.6 is 0 Å². The van der Waals surface area contributed by atoms with E-state index in [1.165, 1.54) is 6.07 Å². The first-order valence-corrected chi connectivity index (χ1v) is 12.5. The van der Waals surface area contributed by atoms with Gasteiger partial charge in [0.25, 0.3) is 5.91 Å². The van der Waals surface area contributed by atoms with Crippen LogP contribution in [0, 0.1) is 12.7 Å². The Labute approximate surface area is 202 Å². The van der Waals surface area contributed by atoms with Gasteiger partial charge in [0.2, 0.25) is 0 Å². The Morgan fingerprint density at radius 2 is 1.69 bits per heavy atom. The zero-order valence-electron chi connectivity index (χ0n) is 19.8. The third-order valence-electron chi connectivity index (χ3n) is 7.02. The van der Waals surface area contributed by atoms with Gasteiger partial charge < -0.3 is 14.5 Å². The molecule has 0 saturated carbocycles. The third kappa shape index (κ3) is 3.98. The fourth-order valence-electron chi connectivity index (χ4n) is 5.24. The Bertz CT molecular complexity index is 1440. The first-order valence-electron chi connectivity index (χ1n) is 12.5. The molecule has 0 radical (unpaired) electrons. The highest BCUT2D eigenvalue weighted by Crippen LogP contribution is 2.28. The molecule has 2 aliphatic heterocycles. The smallest absolute Gasteiger partial charge is 0.258 e. The van der Waals surface area contributed by atoms with E-state index < -0.39 is 11.7 Å². The summed E-state index contributed by atoms with van der Waals surface area (Å²) in [4.78, 5) is 22.9. The minimum absolute atomic E-state index is 0.113. The van der Waals surface area contributed by atoms with Gasteiger partial charge in [-0.25, -0.2) is 14.4 Å². The molecule has 2 aliphatic rings. The van der Waals surface area contributed by atoms with Crippen LogP contribution in [0.5, 0.6) is 0 Å². The van der Waals surface area contributed by atoms with Crippen LogP contribution in [0.4, 0.5) is 10.1 Å². The number of halogens is 1. The number of aryl methyl sites for hydroxylation is 4. The Morgan fingerprint density at radius 3 is 2.51 bits per heavy atom. The Morgan fingerprint density at radius 1 is 0.914 bits per heavy atom. The SMILES string of the molecule is Cc1cc(C(=O)Nc2cc(-c3nnc4n3CCCCC4)ccc2F)c2nc3n(c2n1)CCCCC3. The van der Waals surface area contributed by atoms with Crippen LogP contribution in [-0.2, 0) is 25.9 Å². The molecule has 3 aromatic heterocycles. The number of carbonyl (C=O) groups is 1. The summed E-state index contributed by atoms with van der Waals surface area (Å²) >= 11 is 0. The summed E-state index contributed by atoms with van der Waals surface area (Å²) in [5.74, 6) is 1.73. The van der Waals surface area contributed by atoms with Crippen molar-refractivity contribution in [3.05, 3.63) is 53.0 Å². The van der Waals surface area contributed by atoms with Crippen molar-refractivity contribution in [3.8, 4) is 11.4 Å². The lowest BCUT2D eigenvalue weighted by Gasteiger charge is -2.11. The van der Waals surface area contributed by atoms with Gasteiger partial charge in [0.05, 0.1) is 11.3 Å². The molecule has 9 heteroatoms. The van der Waals surface area contributed by atoms with Gasteiger partial charge in [-0.05, 0) is 56.9 Å². The first-order chi connectivity index (χ1) is 17.1. The fourth-order valence-corrected chi connectivity index (χ4v) is 5.24. The number of hydrogen-bond acceptors (Lipinski definition) is 5. The quantitative estimate of drug-likeness (QED) is 0.460. The number of hydrogen-bond donors (Lipinski definition) is 1. The predicted molar refractivity (Wildman–Crippen MR) is 131 cm³/mol. The molecule has 0 aliphatic carbocycles. The van der Waals surface area contributed by atoms with Crippen molar-refractivity contribution >= 4 is 22.8 Å². The highest BCUT2D eigenvalue weighted by Gasteiger charge is 2.22. The van der Waals surface area contributed by atoms with Gasteiger partial charge in [0.1, 0.15) is 23.0 Å². The molecule has 1 aromatic carbocycles. The van der Waals surface area contributed by atoms with Gasteiger partial charge in [0.15, 0.2) is 11.5 Å². The Hall–Kier alpha value is -3.62. The van der Waals surface area contributed by atoms with Crippen LogP contribution in [0.15, 0.2) is 24.3 Å². The molecule has 180 valence electrons. The van der Waals surface area contributed by atoms with E-state index in [1.807, 2.05) is 6.92 Å². The topological polar surface area (TPSA) is 90.5 Å². The Balaban J connectivity index is 1.35. The molecular weight excluding hydrogens is 445 g/mol. The molecular formula is C26H28FN7O. The number of rotatable bonds is 3. The number of nitrogens with one attached hydrogen (secondary N) is 1. The van der Waals surface area contributed by atoms with Crippen LogP contribution in [0.2, 0.25) is 0 Å². The molecule has 0 spiro atoms. The number of fused-ring (bicyclic) bond motifs is 4. The van der Waals surface area contributed by atoms with E-state index in [2.05, 4.69) is 29.6 Å². The zero-order chi connectivity index (χ0) is 23.9. The first kappa shape index (κ1) is 21.9. The van der Waals surface area contributed by atoms with Crippen LogP contribution < -0.4 is 5.32 Å². The van der Waals surface area contributed by atoms with E-state index in [0.29, 0.717) is 16.9 Å². The molecule has 0 bridgehead atoms. The second kappa shape index (κ2) is 8.87. The van der Waals surface area contributed by atoms with Crippen LogP contribution in [-0.4, -0.2) is 35.2 Å². The van der Waals surface area contributed by atoms with Gasteiger partial charge in [-0.1, -0.05) is 12.8 Å². The maximum Gasteiger partial charge on any atom is 0.258 e. The van der Waals surface area contributed by atoms with Crippen molar-refractivity contribution in [2.75, 3.05) is 5.32 Å². The fraction of sp³-hybridized carbons (Fsp3) is 0.423. The summed E-state index contributed by atoms with van der Waals surface area (Å²) in [6, 6.07) is 6.43. The molecule has 4 aromatic rings. The average Bonchev–Trinajstić information content (AvgIpc) is 3.19. The summed E-state index contributed by atoms with van der Waals surface area (Å²) in [6.07, 6.45) is 8.39. The highest BCUT2D eigenvalue weighted by molar-refractivity contribution is 6.11. The van der Waals surface area contributed by atoms with Crippen LogP contribution in [0.3, 0.4) is 0 Å². The minimum atomic E-state index is -0.500. The third-order valence-corrected chi connectivity index (χ3v) is 7.02. The summed E-state index contributed by atoms with van der Waals surface area (Å²) in [5, 5.41) is 11.5. The van der Waals surface area contributed by atoms with E-state index in [0.717, 1.165) is 93.0 Å². The predicted octanol–water partition coefficient (Wildman–Crippen LogP) is 4.84. The van der Waals surface area contributed by atoms with Crippen molar-refractivity contribution < 1.29 is 9.18 Å². The average molecular weight is 474 g/mol. The van der Waals surface area contributed by atoms with Gasteiger partial charge in [-0.15, -0.1) is 10.2 Å². The molecule has 1 N–H and O–H groups in total. The summed E-state index contributed by atoms with van der Waals surface area (Å²) < 4.78 is 19.1. The molecule has 0 atom stereocenters. The number of benzene rings is 1. The second-order valence-electron chi connectivity index (χ2n) is 9.52. The lowest BCUT2D eigenvalue weighted by atomic mass is 10.1. The molecule has 5 heterocycles. The van der Waals surface area contributed by atoms with E-state index in [-0.39, 0.29) is 5.69 Å². The lowest BCUT2D eigenvalue weighted by Crippen LogP contribution is -2.15. The number of nitrogens with zero attached hydrogens (tertiary/aromatic N) is 6. The largest absolute Gasteiger partial charge is 0.319 e. The monoisotopic (exact) mass is 473 g/mol. The minimum Gasteiger partial charge on any atom is -0.319 e. The second-order valence-corrected chi connectivity index (χ2v) is 9.52. The molecule has 0 saturated heterocycles. The number of anilines is 1. The highest BCUT2D eigenvalue weighted by atomic mass is 19.1. The Kier molecular flexibility index (Phi) is 5.54. The number of aromatic nitrogens is 6. The lowest BCUT2D eigenvalue weighted by molar-refractivity contribution is 0.102. The molecule has 35 heavy (non-hydrogen) atoms. The number of imidazole rings is 1. The molecule has 0 fully saturated rings. The maximum atomic E-state index is 14.8. The standard InChI is InChI=1S/C26H28FN7O/c1-16-14-18(23-25(28-16)33-12-6-2-4-8-21(33)30-23)26(35)29-20-15-17(10-11-19(20)27)24-32-31-22-9-5-3-7-13-34(22)24/h10-11,14-15H,2-9,12-13H2,1H3,(H,29,35). The van der Waals surface area contributed by atoms with Gasteiger partial charge in [-0.3, -0.25) is 4.79 Å². The van der Waals surface area contributed by atoms with Crippen molar-refractivity contribution in [1.29, 1.82) is 0 Å². The van der Waals surface area contributed by atoms with E-state index in [1.54, 1.807) is 18.2 Å². The van der Waals surface area contributed by atoms with Gasteiger partial charge in [-0.2, -0.15) is 0 Å². The van der Waals surface area contributed by atoms with Crippen LogP contribution in [0.1, 0.15) is 66.2 Å². The number of pyridine rings is 1. The van der Waals surface area contributed by atoms with Crippen molar-refractivity contribution in [1.82, 2.24) is 29.3 Å². The molecule has 0 unspecified atom stereocenters. The van der Waals surface area contributed by atoms with Crippen LogP contribution in [0.25, 0.3) is 22.6 Å². The summed E-state index contributed by atoms with van der Waals surface area (Å²) in [5.41, 5.74) is 3.29. The molecule has 6 rings (SSSR count). The maximum absolute atomic E-state index is 14.8. The van der Waals surface area contributed by atoms with E-state index in [9.17, 15) is 9.18 Å². The molecule has 8 nitrogen and oxygen atoms in total. The summed E-state index contributed by atoms with van der Waals surface area (Å²) in [7, 11) is 0. The summed E-state index contributed by atoms with van der Waals surface area (Å²) in [6.45, 7) is 3.56. The molecule has 1 amide bonds. The van der Waals surface area contributed by atoms with Crippen molar-refractivity contribution in [2.24, 2.45) is 0 Å². The zero-order valence-corrected chi connectivity index (χ0v) is 19.8.